The highest BCUT2D eigenvalue weighted by Crippen LogP contribution is 2.27. The number of rotatable bonds is 6. The van der Waals surface area contributed by atoms with Crippen molar-refractivity contribution in [2.24, 2.45) is 0 Å². The molecule has 2 rings (SSSR count). The molecule has 124 valence electrons. The molecule has 0 atom stereocenters. The van der Waals surface area contributed by atoms with Gasteiger partial charge in [-0.05, 0) is 42.8 Å². The lowest BCUT2D eigenvalue weighted by molar-refractivity contribution is -0.111. The van der Waals surface area contributed by atoms with E-state index < -0.39 is 0 Å². The van der Waals surface area contributed by atoms with Crippen molar-refractivity contribution in [3.8, 4) is 11.5 Å². The van der Waals surface area contributed by atoms with Crippen molar-refractivity contribution in [2.45, 2.75) is 6.92 Å². The van der Waals surface area contributed by atoms with Crippen LogP contribution in [-0.4, -0.2) is 25.9 Å². The number of nitrogens with one attached hydrogen (secondary N) is 1. The summed E-state index contributed by atoms with van der Waals surface area (Å²) in [6.07, 6.45) is 3.09. The van der Waals surface area contributed by atoms with Crippen molar-refractivity contribution in [3.63, 3.8) is 0 Å². The number of ether oxygens (including phenoxy) is 2. The van der Waals surface area contributed by atoms with Crippen LogP contribution >= 0.6 is 0 Å². The van der Waals surface area contributed by atoms with E-state index in [1.54, 1.807) is 56.7 Å². The van der Waals surface area contributed by atoms with E-state index in [4.69, 9.17) is 9.47 Å². The zero-order valence-electron chi connectivity index (χ0n) is 13.8. The Labute approximate surface area is 140 Å². The van der Waals surface area contributed by atoms with Gasteiger partial charge in [0.05, 0.1) is 14.2 Å². The first-order valence-electron chi connectivity index (χ1n) is 7.35. The number of Topliss-reactive ketones (excluding diaryl/α,β-unsaturated/α-hetero) is 1. The average molecular weight is 325 g/mol. The van der Waals surface area contributed by atoms with Gasteiger partial charge in [-0.2, -0.15) is 0 Å². The minimum Gasteiger partial charge on any atom is -0.493 e. The highest BCUT2D eigenvalue weighted by Gasteiger charge is 2.04. The summed E-state index contributed by atoms with van der Waals surface area (Å²) in [5.74, 6) is 0.881. The first-order valence-corrected chi connectivity index (χ1v) is 7.35. The summed E-state index contributed by atoms with van der Waals surface area (Å²) in [4.78, 5) is 23.4. The molecule has 0 saturated heterocycles. The van der Waals surface area contributed by atoms with Gasteiger partial charge in [-0.3, -0.25) is 9.59 Å². The molecular weight excluding hydrogens is 306 g/mol. The smallest absolute Gasteiger partial charge is 0.248 e. The van der Waals surface area contributed by atoms with E-state index in [1.807, 2.05) is 6.07 Å². The number of carbonyl (C=O) groups excluding carboxylic acids is 2. The number of hydrogen-bond acceptors (Lipinski definition) is 4. The quantitative estimate of drug-likeness (QED) is 0.651. The molecule has 0 aromatic heterocycles. The standard InChI is InChI=1S/C19H19NO4/c1-13(21)15-5-4-6-16(12-15)20-19(22)10-8-14-7-9-17(23-2)18(11-14)24-3/h4-12H,1-3H3,(H,20,22). The number of anilines is 1. The molecule has 5 heteroatoms. The maximum absolute atomic E-state index is 12.0. The Morgan fingerprint density at radius 2 is 1.75 bits per heavy atom. The van der Waals surface area contributed by atoms with E-state index >= 15 is 0 Å². The molecule has 0 heterocycles. The molecule has 0 aliphatic rings. The summed E-state index contributed by atoms with van der Waals surface area (Å²) in [7, 11) is 3.12. The molecule has 0 aliphatic carbocycles. The van der Waals surface area contributed by atoms with E-state index in [9.17, 15) is 9.59 Å². The third-order valence-electron chi connectivity index (χ3n) is 3.37. The molecule has 2 aromatic rings. The third kappa shape index (κ3) is 4.46. The van der Waals surface area contributed by atoms with Crippen molar-refractivity contribution in [3.05, 3.63) is 59.7 Å². The molecule has 1 amide bonds. The zero-order chi connectivity index (χ0) is 17.5. The van der Waals surface area contributed by atoms with Gasteiger partial charge in [-0.25, -0.2) is 0 Å². The van der Waals surface area contributed by atoms with Gasteiger partial charge in [-0.1, -0.05) is 18.2 Å². The van der Waals surface area contributed by atoms with Crippen molar-refractivity contribution >= 4 is 23.5 Å². The van der Waals surface area contributed by atoms with Gasteiger partial charge in [0.2, 0.25) is 5.91 Å². The Bertz CT molecular complexity index is 781. The van der Waals surface area contributed by atoms with Crippen LogP contribution < -0.4 is 14.8 Å². The van der Waals surface area contributed by atoms with Crippen LogP contribution in [0.5, 0.6) is 11.5 Å². The summed E-state index contributed by atoms with van der Waals surface area (Å²) >= 11 is 0. The second-order valence-electron chi connectivity index (χ2n) is 5.07. The summed E-state index contributed by atoms with van der Waals surface area (Å²) in [5, 5.41) is 2.72. The first kappa shape index (κ1) is 17.3. The minimum absolute atomic E-state index is 0.0491. The maximum Gasteiger partial charge on any atom is 0.248 e. The monoisotopic (exact) mass is 325 g/mol. The highest BCUT2D eigenvalue weighted by molar-refractivity contribution is 6.03. The number of hydrogen-bond donors (Lipinski definition) is 1. The molecule has 24 heavy (non-hydrogen) atoms. The van der Waals surface area contributed by atoms with Crippen LogP contribution in [0.15, 0.2) is 48.5 Å². The van der Waals surface area contributed by atoms with Crippen LogP contribution in [0.3, 0.4) is 0 Å². The third-order valence-corrected chi connectivity index (χ3v) is 3.37. The molecule has 0 saturated carbocycles. The first-order chi connectivity index (χ1) is 11.5. The zero-order valence-corrected chi connectivity index (χ0v) is 13.8. The topological polar surface area (TPSA) is 64.6 Å². The fourth-order valence-electron chi connectivity index (χ4n) is 2.13. The van der Waals surface area contributed by atoms with E-state index in [0.29, 0.717) is 22.7 Å². The lowest BCUT2D eigenvalue weighted by Gasteiger charge is -2.07. The highest BCUT2D eigenvalue weighted by atomic mass is 16.5. The van der Waals surface area contributed by atoms with Gasteiger partial charge in [0, 0.05) is 17.3 Å². The van der Waals surface area contributed by atoms with Gasteiger partial charge in [0.15, 0.2) is 17.3 Å². The predicted molar refractivity (Wildman–Crippen MR) is 93.7 cm³/mol. The number of methoxy groups -OCH3 is 2. The predicted octanol–water partition coefficient (Wildman–Crippen LogP) is 3.56. The second-order valence-corrected chi connectivity index (χ2v) is 5.07. The van der Waals surface area contributed by atoms with E-state index in [-0.39, 0.29) is 11.7 Å². The molecule has 2 aromatic carbocycles. The summed E-state index contributed by atoms with van der Waals surface area (Å²) < 4.78 is 10.4. The van der Waals surface area contributed by atoms with Crippen molar-refractivity contribution in [2.75, 3.05) is 19.5 Å². The second kappa shape index (κ2) is 7.97. The van der Waals surface area contributed by atoms with E-state index in [2.05, 4.69) is 5.32 Å². The van der Waals surface area contributed by atoms with Crippen LogP contribution in [0.25, 0.3) is 6.08 Å². The van der Waals surface area contributed by atoms with Crippen LogP contribution in [0, 0.1) is 0 Å². The van der Waals surface area contributed by atoms with Gasteiger partial charge >= 0.3 is 0 Å². The molecule has 1 N–H and O–H groups in total. The van der Waals surface area contributed by atoms with Crippen LogP contribution in [-0.2, 0) is 4.79 Å². The minimum atomic E-state index is -0.287. The average Bonchev–Trinajstić information content (AvgIpc) is 2.59. The van der Waals surface area contributed by atoms with Gasteiger partial charge in [0.25, 0.3) is 0 Å². The summed E-state index contributed by atoms with van der Waals surface area (Å²) in [5.41, 5.74) is 1.93. The fraction of sp³-hybridized carbons (Fsp3) is 0.158. The number of amides is 1. The Kier molecular flexibility index (Phi) is 5.73. The fourth-order valence-corrected chi connectivity index (χ4v) is 2.13. The molecule has 0 unspecified atom stereocenters. The number of carbonyl (C=O) groups is 2. The van der Waals surface area contributed by atoms with Crippen molar-refractivity contribution < 1.29 is 19.1 Å². The lowest BCUT2D eigenvalue weighted by atomic mass is 10.1. The SMILES string of the molecule is COc1ccc(C=CC(=O)Nc2cccc(C(C)=O)c2)cc1OC. The molecule has 5 nitrogen and oxygen atoms in total. The lowest BCUT2D eigenvalue weighted by Crippen LogP contribution is -2.08. The van der Waals surface area contributed by atoms with Gasteiger partial charge in [0.1, 0.15) is 0 Å². The molecule has 0 radical (unpaired) electrons. The largest absolute Gasteiger partial charge is 0.493 e. The molecule has 0 bridgehead atoms. The summed E-state index contributed by atoms with van der Waals surface area (Å²) in [6.45, 7) is 1.48. The number of ketones is 1. The van der Waals surface area contributed by atoms with Crippen LogP contribution in [0.1, 0.15) is 22.8 Å². The van der Waals surface area contributed by atoms with Gasteiger partial charge in [-0.15, -0.1) is 0 Å². The Morgan fingerprint density at radius 1 is 1.00 bits per heavy atom. The van der Waals surface area contributed by atoms with Crippen molar-refractivity contribution in [1.82, 2.24) is 0 Å². The normalized spacial score (nSPS) is 10.5. The summed E-state index contributed by atoms with van der Waals surface area (Å²) in [6, 6.07) is 12.2. The molecule has 0 fully saturated rings. The van der Waals surface area contributed by atoms with Gasteiger partial charge < -0.3 is 14.8 Å². The van der Waals surface area contributed by atoms with E-state index in [1.165, 1.54) is 13.0 Å². The Hall–Kier alpha value is -3.08. The molecule has 0 aliphatic heterocycles. The van der Waals surface area contributed by atoms with Crippen LogP contribution in [0.2, 0.25) is 0 Å². The molecule has 0 spiro atoms. The molecular formula is C19H19NO4. The van der Waals surface area contributed by atoms with E-state index in [0.717, 1.165) is 5.56 Å². The van der Waals surface area contributed by atoms with Crippen LogP contribution in [0.4, 0.5) is 5.69 Å². The Morgan fingerprint density at radius 3 is 2.42 bits per heavy atom. The van der Waals surface area contributed by atoms with Crippen molar-refractivity contribution in [1.29, 1.82) is 0 Å². The number of benzene rings is 2. The maximum atomic E-state index is 12.0. The Balaban J connectivity index is 2.08.